The lowest BCUT2D eigenvalue weighted by molar-refractivity contribution is -0.127. The molecule has 2 heterocycles. The highest BCUT2D eigenvalue weighted by Crippen LogP contribution is 2.20. The minimum absolute atomic E-state index is 0.110. The van der Waals surface area contributed by atoms with Crippen molar-refractivity contribution in [2.24, 2.45) is 0 Å². The number of aryl methyl sites for hydroxylation is 2. The summed E-state index contributed by atoms with van der Waals surface area (Å²) in [5, 5.41) is 10.9. The number of ether oxygens (including phenoxy) is 1. The van der Waals surface area contributed by atoms with Gasteiger partial charge in [-0.15, -0.1) is 0 Å². The van der Waals surface area contributed by atoms with E-state index in [1.54, 1.807) is 4.90 Å². The van der Waals surface area contributed by atoms with Gasteiger partial charge in [-0.1, -0.05) is 29.8 Å². The third kappa shape index (κ3) is 4.60. The van der Waals surface area contributed by atoms with Crippen LogP contribution in [0.1, 0.15) is 21.6 Å². The van der Waals surface area contributed by atoms with Crippen LogP contribution in [0.4, 0.5) is 0 Å². The molecule has 2 amide bonds. The standard InChI is InChI=1S/C24H29N5O3/c1-16-8-9-19-18(14-16)22(27-26-19)24(31)29-12-11-28(3)20(15-29)23(30)25-10-13-32-21-7-5-4-6-17(21)2/h4-9,14,20H,10-13,15H2,1-3H3,(H,25,30)(H,26,27). The van der Waals surface area contributed by atoms with Crippen LogP contribution in [0.3, 0.4) is 0 Å². The third-order valence-electron chi connectivity index (χ3n) is 5.91. The van der Waals surface area contributed by atoms with Crippen LogP contribution in [-0.2, 0) is 4.79 Å². The fraction of sp³-hybridized carbons (Fsp3) is 0.375. The number of carbonyl (C=O) groups is 2. The largest absolute Gasteiger partial charge is 0.491 e. The molecule has 8 nitrogen and oxygen atoms in total. The number of hydrogen-bond donors (Lipinski definition) is 2. The van der Waals surface area contributed by atoms with E-state index in [4.69, 9.17) is 4.74 Å². The van der Waals surface area contributed by atoms with E-state index in [2.05, 4.69) is 15.5 Å². The Morgan fingerprint density at radius 3 is 2.81 bits per heavy atom. The number of para-hydroxylation sites is 1. The predicted molar refractivity (Wildman–Crippen MR) is 123 cm³/mol. The van der Waals surface area contributed by atoms with Crippen LogP contribution in [0.5, 0.6) is 5.75 Å². The van der Waals surface area contributed by atoms with E-state index in [1.807, 2.05) is 68.3 Å². The van der Waals surface area contributed by atoms with Gasteiger partial charge in [-0.3, -0.25) is 19.6 Å². The number of rotatable bonds is 6. The molecule has 2 N–H and O–H groups in total. The Morgan fingerprint density at radius 1 is 1.19 bits per heavy atom. The molecular formula is C24H29N5O3. The molecule has 1 saturated heterocycles. The van der Waals surface area contributed by atoms with E-state index in [1.165, 1.54) is 0 Å². The smallest absolute Gasteiger partial charge is 0.275 e. The van der Waals surface area contributed by atoms with Crippen LogP contribution in [0.15, 0.2) is 42.5 Å². The maximum absolute atomic E-state index is 13.2. The van der Waals surface area contributed by atoms with Crippen LogP contribution >= 0.6 is 0 Å². The number of carbonyl (C=O) groups excluding carboxylic acids is 2. The van der Waals surface area contributed by atoms with Crippen molar-refractivity contribution in [2.45, 2.75) is 19.9 Å². The minimum atomic E-state index is -0.418. The first-order valence-electron chi connectivity index (χ1n) is 10.8. The number of hydrogen-bond acceptors (Lipinski definition) is 5. The van der Waals surface area contributed by atoms with Gasteiger partial charge in [0.1, 0.15) is 18.4 Å². The topological polar surface area (TPSA) is 90.6 Å². The molecule has 4 rings (SSSR count). The number of nitrogens with one attached hydrogen (secondary N) is 2. The number of aromatic amines is 1. The molecule has 0 bridgehead atoms. The summed E-state index contributed by atoms with van der Waals surface area (Å²) in [7, 11) is 1.91. The van der Waals surface area contributed by atoms with Crippen molar-refractivity contribution >= 4 is 22.7 Å². The van der Waals surface area contributed by atoms with Gasteiger partial charge in [0.2, 0.25) is 5.91 Å². The monoisotopic (exact) mass is 435 g/mol. The van der Waals surface area contributed by atoms with E-state index in [9.17, 15) is 9.59 Å². The predicted octanol–water partition coefficient (Wildman–Crippen LogP) is 2.13. The van der Waals surface area contributed by atoms with E-state index in [0.29, 0.717) is 38.5 Å². The zero-order valence-corrected chi connectivity index (χ0v) is 18.7. The van der Waals surface area contributed by atoms with Gasteiger partial charge >= 0.3 is 0 Å². The Bertz CT molecular complexity index is 1130. The quantitative estimate of drug-likeness (QED) is 0.579. The lowest BCUT2D eigenvalue weighted by Crippen LogP contribution is -2.59. The van der Waals surface area contributed by atoms with Crippen LogP contribution in [0.2, 0.25) is 0 Å². The van der Waals surface area contributed by atoms with E-state index in [-0.39, 0.29) is 11.8 Å². The van der Waals surface area contributed by atoms with E-state index < -0.39 is 6.04 Å². The molecule has 8 heteroatoms. The summed E-state index contributed by atoms with van der Waals surface area (Å²) in [5.74, 6) is 0.548. The fourth-order valence-corrected chi connectivity index (χ4v) is 3.95. The number of nitrogens with zero attached hydrogens (tertiary/aromatic N) is 3. The summed E-state index contributed by atoms with van der Waals surface area (Å²) in [4.78, 5) is 29.7. The summed E-state index contributed by atoms with van der Waals surface area (Å²) in [6, 6.07) is 13.2. The van der Waals surface area contributed by atoms with Crippen molar-refractivity contribution in [1.29, 1.82) is 0 Å². The number of likely N-dealkylation sites (N-methyl/N-ethyl adjacent to an activating group) is 1. The van der Waals surface area contributed by atoms with Crippen molar-refractivity contribution in [3.8, 4) is 5.75 Å². The second-order valence-corrected chi connectivity index (χ2v) is 8.27. The maximum Gasteiger partial charge on any atom is 0.275 e. The molecule has 32 heavy (non-hydrogen) atoms. The normalized spacial score (nSPS) is 16.8. The summed E-state index contributed by atoms with van der Waals surface area (Å²) in [6.45, 7) is 6.24. The average molecular weight is 436 g/mol. The molecule has 1 fully saturated rings. The van der Waals surface area contributed by atoms with Crippen LogP contribution in [0.25, 0.3) is 10.9 Å². The molecule has 0 saturated carbocycles. The van der Waals surface area contributed by atoms with Gasteiger partial charge in [0.25, 0.3) is 5.91 Å². The number of piperazine rings is 1. The molecular weight excluding hydrogens is 406 g/mol. The second-order valence-electron chi connectivity index (χ2n) is 8.27. The van der Waals surface area contributed by atoms with Crippen molar-refractivity contribution < 1.29 is 14.3 Å². The molecule has 2 aromatic carbocycles. The molecule has 1 atom stereocenters. The summed E-state index contributed by atoms with van der Waals surface area (Å²) < 4.78 is 5.76. The van der Waals surface area contributed by atoms with Crippen LogP contribution < -0.4 is 10.1 Å². The first kappa shape index (κ1) is 21.8. The third-order valence-corrected chi connectivity index (χ3v) is 5.91. The van der Waals surface area contributed by atoms with Crippen molar-refractivity contribution in [1.82, 2.24) is 25.3 Å². The van der Waals surface area contributed by atoms with Gasteiger partial charge in [0.05, 0.1) is 12.1 Å². The van der Waals surface area contributed by atoms with Crippen LogP contribution in [-0.4, -0.2) is 77.7 Å². The molecule has 1 unspecified atom stereocenters. The van der Waals surface area contributed by atoms with Gasteiger partial charge < -0.3 is 15.0 Å². The molecule has 0 spiro atoms. The highest BCUT2D eigenvalue weighted by molar-refractivity contribution is 6.05. The maximum atomic E-state index is 13.2. The first-order chi connectivity index (χ1) is 15.4. The van der Waals surface area contributed by atoms with Gasteiger partial charge in [0.15, 0.2) is 5.69 Å². The molecule has 0 aliphatic carbocycles. The first-order valence-corrected chi connectivity index (χ1v) is 10.8. The highest BCUT2D eigenvalue weighted by atomic mass is 16.5. The number of H-pyrrole nitrogens is 1. The Hall–Kier alpha value is -3.39. The van der Waals surface area contributed by atoms with E-state index >= 15 is 0 Å². The molecule has 0 radical (unpaired) electrons. The summed E-state index contributed by atoms with van der Waals surface area (Å²) in [5.41, 5.74) is 3.35. The Balaban J connectivity index is 1.36. The average Bonchev–Trinajstić information content (AvgIpc) is 3.20. The second kappa shape index (κ2) is 9.40. The molecule has 1 aliphatic rings. The fourth-order valence-electron chi connectivity index (χ4n) is 3.95. The minimum Gasteiger partial charge on any atom is -0.491 e. The van der Waals surface area contributed by atoms with Crippen LogP contribution in [0, 0.1) is 13.8 Å². The number of benzene rings is 2. The van der Waals surface area contributed by atoms with Gasteiger partial charge in [-0.25, -0.2) is 0 Å². The van der Waals surface area contributed by atoms with Crippen molar-refractivity contribution in [3.63, 3.8) is 0 Å². The van der Waals surface area contributed by atoms with Gasteiger partial charge in [0, 0.05) is 25.0 Å². The van der Waals surface area contributed by atoms with Gasteiger partial charge in [-0.05, 0) is 44.7 Å². The number of amides is 2. The van der Waals surface area contributed by atoms with Crippen molar-refractivity contribution in [2.75, 3.05) is 39.8 Å². The number of aromatic nitrogens is 2. The van der Waals surface area contributed by atoms with Crippen molar-refractivity contribution in [3.05, 3.63) is 59.3 Å². The summed E-state index contributed by atoms with van der Waals surface area (Å²) >= 11 is 0. The Kier molecular flexibility index (Phi) is 6.41. The molecule has 168 valence electrons. The zero-order valence-electron chi connectivity index (χ0n) is 18.7. The zero-order chi connectivity index (χ0) is 22.7. The van der Waals surface area contributed by atoms with Gasteiger partial charge in [-0.2, -0.15) is 5.10 Å². The molecule has 1 aliphatic heterocycles. The SMILES string of the molecule is Cc1ccc2[nH]nc(C(=O)N3CCN(C)C(C(=O)NCCOc4ccccc4C)C3)c2c1. The lowest BCUT2D eigenvalue weighted by Gasteiger charge is -2.38. The van der Waals surface area contributed by atoms with E-state index in [0.717, 1.165) is 27.8 Å². The molecule has 3 aromatic rings. The highest BCUT2D eigenvalue weighted by Gasteiger charge is 2.33. The lowest BCUT2D eigenvalue weighted by atomic mass is 10.1. The Labute approximate surface area is 187 Å². The number of fused-ring (bicyclic) bond motifs is 1. The Morgan fingerprint density at radius 2 is 2.00 bits per heavy atom. The molecule has 1 aromatic heterocycles. The summed E-state index contributed by atoms with van der Waals surface area (Å²) in [6.07, 6.45) is 0.